The van der Waals surface area contributed by atoms with Gasteiger partial charge in [0.15, 0.2) is 18.4 Å². The lowest BCUT2D eigenvalue weighted by molar-refractivity contribution is -0.318. The van der Waals surface area contributed by atoms with Gasteiger partial charge in [-0.05, 0) is 69.2 Å². The number of hydrogen-bond acceptors (Lipinski definition) is 14. The highest BCUT2D eigenvalue weighted by Crippen LogP contribution is 2.47. The summed E-state index contributed by atoms with van der Waals surface area (Å²) in [5.41, 5.74) is 0.634. The fraction of sp³-hybridized carbons (Fsp3) is 0.771. The van der Waals surface area contributed by atoms with Gasteiger partial charge in [0, 0.05) is 52.9 Å². The van der Waals surface area contributed by atoms with E-state index in [0.717, 1.165) is 24.0 Å². The molecule has 6 heterocycles. The standard InChI is InChI=1S/C48H72O14/c1-11-26(2)36-16-13-19-47(62-36)24-34-21-33(61-47)18-17-28(4)42(59-40-23-38(53-9)44(31(7)57-40)60-39-22-37(52-8)41(49)30(6)56-39)27(3)14-12-15-32-25-55-45-43(54-10)29(5)20-35(46(50)58-34)48(32,45)51/h12-15,17,19-20,26-27,30-31,33-45,49,51H,11,16,18,21-25H2,1-10H3/b14-12+,28-17+,32-15+. The first kappa shape index (κ1) is 47.6. The molecule has 0 radical (unpaired) electrons. The predicted octanol–water partition coefficient (Wildman–Crippen LogP) is 5.79. The van der Waals surface area contributed by atoms with Gasteiger partial charge in [-0.1, -0.05) is 63.6 Å². The summed E-state index contributed by atoms with van der Waals surface area (Å²) in [5.74, 6) is -2.49. The van der Waals surface area contributed by atoms with Crippen molar-refractivity contribution in [2.24, 2.45) is 17.8 Å². The van der Waals surface area contributed by atoms with Gasteiger partial charge in [-0.25, -0.2) is 0 Å². The number of ether oxygens (including phenoxy) is 11. The molecule has 1 spiro atoms. The molecular formula is C48H72O14. The molecule has 4 saturated heterocycles. The first-order valence-electron chi connectivity index (χ1n) is 22.8. The molecule has 1 aliphatic carbocycles. The molecule has 348 valence electrons. The smallest absolute Gasteiger partial charge is 0.316 e. The third-order valence-electron chi connectivity index (χ3n) is 14.4. The normalized spacial score (nSPS) is 47.9. The van der Waals surface area contributed by atoms with Crippen molar-refractivity contribution in [1.82, 2.24) is 0 Å². The van der Waals surface area contributed by atoms with E-state index in [1.807, 2.05) is 38.2 Å². The van der Waals surface area contributed by atoms with Crippen LogP contribution >= 0.6 is 0 Å². The number of esters is 1. The monoisotopic (exact) mass is 872 g/mol. The van der Waals surface area contributed by atoms with Crippen LogP contribution in [0.2, 0.25) is 0 Å². The largest absolute Gasteiger partial charge is 0.462 e. The quantitative estimate of drug-likeness (QED) is 0.212. The highest BCUT2D eigenvalue weighted by molar-refractivity contribution is 5.78. The van der Waals surface area contributed by atoms with Crippen molar-refractivity contribution in [3.63, 3.8) is 0 Å². The molecule has 0 amide bonds. The number of aliphatic hydroxyl groups is 2. The van der Waals surface area contributed by atoms with Crippen LogP contribution in [0.1, 0.15) is 93.4 Å². The van der Waals surface area contributed by atoms with Crippen molar-refractivity contribution in [3.05, 3.63) is 59.3 Å². The predicted molar refractivity (Wildman–Crippen MR) is 228 cm³/mol. The second-order valence-corrected chi connectivity index (χ2v) is 18.7. The zero-order valence-electron chi connectivity index (χ0n) is 38.3. The van der Waals surface area contributed by atoms with Crippen LogP contribution in [0.25, 0.3) is 0 Å². The molecule has 19 unspecified atom stereocenters. The molecule has 0 aromatic heterocycles. The fourth-order valence-electron chi connectivity index (χ4n) is 10.5. The maximum absolute atomic E-state index is 14.4. The number of fused-ring (bicyclic) bond motifs is 2. The SMILES string of the molecule is CCC(C)C1CC=CC2(CC3CC(C/C=C(\C)C(OC4CC(OC)C(OC5CC(OC)C(O)C(C)O5)C(C)O4)C(C)/C=C/C=C4\COC5C(OC)C(C)=CC(C(=O)O3)C45O)O2)O1. The van der Waals surface area contributed by atoms with Gasteiger partial charge in [0.2, 0.25) is 0 Å². The lowest BCUT2D eigenvalue weighted by atomic mass is 9.70. The van der Waals surface area contributed by atoms with Gasteiger partial charge in [-0.3, -0.25) is 4.79 Å². The van der Waals surface area contributed by atoms with E-state index < -0.39 is 90.8 Å². The van der Waals surface area contributed by atoms with Crippen molar-refractivity contribution in [1.29, 1.82) is 0 Å². The average molecular weight is 873 g/mol. The van der Waals surface area contributed by atoms with Gasteiger partial charge in [-0.15, -0.1) is 0 Å². The molecule has 14 nitrogen and oxygen atoms in total. The minimum atomic E-state index is -1.70. The second kappa shape index (κ2) is 20.1. The average Bonchev–Trinajstić information content (AvgIpc) is 3.58. The molecule has 7 aliphatic rings. The molecule has 0 aromatic rings. The number of aliphatic hydroxyl groups excluding tert-OH is 1. The molecule has 6 aliphatic heterocycles. The van der Waals surface area contributed by atoms with E-state index in [0.29, 0.717) is 43.6 Å². The molecule has 0 saturated carbocycles. The maximum atomic E-state index is 14.4. The minimum absolute atomic E-state index is 0.0481. The number of carbonyl (C=O) groups excluding carboxylic acids is 1. The van der Waals surface area contributed by atoms with Gasteiger partial charge in [0.1, 0.15) is 42.0 Å². The summed E-state index contributed by atoms with van der Waals surface area (Å²) in [6.07, 6.45) is 10.8. The third-order valence-corrected chi connectivity index (χ3v) is 14.4. The van der Waals surface area contributed by atoms with Crippen LogP contribution in [0.4, 0.5) is 0 Å². The van der Waals surface area contributed by atoms with Crippen LogP contribution in [-0.4, -0.2) is 141 Å². The zero-order chi connectivity index (χ0) is 44.5. The number of allylic oxidation sites excluding steroid dienone is 2. The van der Waals surface area contributed by atoms with E-state index in [1.165, 1.54) is 0 Å². The number of carbonyl (C=O) groups is 1. The zero-order valence-corrected chi connectivity index (χ0v) is 38.3. The highest BCUT2D eigenvalue weighted by atomic mass is 16.7. The summed E-state index contributed by atoms with van der Waals surface area (Å²) in [4.78, 5) is 14.4. The third kappa shape index (κ3) is 9.78. The summed E-state index contributed by atoms with van der Waals surface area (Å²) < 4.78 is 69.7. The summed E-state index contributed by atoms with van der Waals surface area (Å²) in [5, 5.41) is 23.2. The lowest BCUT2D eigenvalue weighted by Crippen LogP contribution is -2.58. The van der Waals surface area contributed by atoms with Crippen molar-refractivity contribution in [2.75, 3.05) is 27.9 Å². The second-order valence-electron chi connectivity index (χ2n) is 18.7. The number of hydrogen-bond donors (Lipinski definition) is 2. The minimum Gasteiger partial charge on any atom is -0.462 e. The number of rotatable bonds is 9. The molecule has 4 fully saturated rings. The Labute approximate surface area is 367 Å². The van der Waals surface area contributed by atoms with Crippen molar-refractivity contribution in [3.8, 4) is 0 Å². The van der Waals surface area contributed by atoms with Crippen molar-refractivity contribution in [2.45, 2.75) is 191 Å². The molecular weight excluding hydrogens is 801 g/mol. The van der Waals surface area contributed by atoms with E-state index in [-0.39, 0.29) is 30.8 Å². The van der Waals surface area contributed by atoms with Crippen LogP contribution in [0.3, 0.4) is 0 Å². The van der Waals surface area contributed by atoms with Gasteiger partial charge >= 0.3 is 5.97 Å². The van der Waals surface area contributed by atoms with E-state index in [2.05, 4.69) is 39.8 Å². The van der Waals surface area contributed by atoms with Crippen molar-refractivity contribution >= 4 is 5.97 Å². The highest BCUT2D eigenvalue weighted by Gasteiger charge is 2.60. The summed E-state index contributed by atoms with van der Waals surface area (Å²) >= 11 is 0. The van der Waals surface area contributed by atoms with Crippen LogP contribution in [0, 0.1) is 17.8 Å². The van der Waals surface area contributed by atoms with Crippen LogP contribution in [0.15, 0.2) is 59.3 Å². The Kier molecular flexibility index (Phi) is 15.4. The summed E-state index contributed by atoms with van der Waals surface area (Å²) in [6.45, 7) is 14.2. The Morgan fingerprint density at radius 3 is 2.34 bits per heavy atom. The van der Waals surface area contributed by atoms with Crippen LogP contribution in [0.5, 0.6) is 0 Å². The topological polar surface area (TPSA) is 159 Å². The Bertz CT molecular complexity index is 1710. The lowest BCUT2D eigenvalue weighted by Gasteiger charge is -2.47. The van der Waals surface area contributed by atoms with Gasteiger partial charge in [0.25, 0.3) is 0 Å². The molecule has 2 N–H and O–H groups in total. The van der Waals surface area contributed by atoms with Crippen molar-refractivity contribution < 1.29 is 67.1 Å². The molecule has 7 rings (SSSR count). The summed E-state index contributed by atoms with van der Waals surface area (Å²) in [7, 11) is 4.82. The van der Waals surface area contributed by atoms with E-state index >= 15 is 0 Å². The van der Waals surface area contributed by atoms with Crippen LogP contribution in [-0.2, 0) is 56.9 Å². The molecule has 19 atom stereocenters. The maximum Gasteiger partial charge on any atom is 0.316 e. The Morgan fingerprint density at radius 1 is 0.887 bits per heavy atom. The molecule has 0 aromatic carbocycles. The van der Waals surface area contributed by atoms with E-state index in [4.69, 9.17) is 52.1 Å². The first-order valence-corrected chi connectivity index (χ1v) is 22.8. The fourth-order valence-corrected chi connectivity index (χ4v) is 10.5. The van der Waals surface area contributed by atoms with Gasteiger partial charge in [0.05, 0.1) is 49.3 Å². The van der Waals surface area contributed by atoms with Crippen LogP contribution < -0.4 is 0 Å². The Balaban J connectivity index is 1.18. The first-order chi connectivity index (χ1) is 29.6. The molecule has 62 heavy (non-hydrogen) atoms. The Morgan fingerprint density at radius 2 is 1.61 bits per heavy atom. The van der Waals surface area contributed by atoms with Gasteiger partial charge < -0.3 is 62.3 Å². The van der Waals surface area contributed by atoms with E-state index in [9.17, 15) is 15.0 Å². The molecule has 2 bridgehead atoms. The summed E-state index contributed by atoms with van der Waals surface area (Å²) in [6, 6.07) is 0. The number of methoxy groups -OCH3 is 3. The van der Waals surface area contributed by atoms with Gasteiger partial charge in [-0.2, -0.15) is 0 Å². The van der Waals surface area contributed by atoms with E-state index in [1.54, 1.807) is 34.3 Å². The molecule has 14 heteroatoms. The Hall–Kier alpha value is -2.31.